The van der Waals surface area contributed by atoms with E-state index >= 15 is 0 Å². The number of aromatic nitrogens is 1. The predicted molar refractivity (Wildman–Crippen MR) is 136 cm³/mol. The van der Waals surface area contributed by atoms with Gasteiger partial charge in [0.05, 0.1) is 7.11 Å². The molecule has 3 aromatic carbocycles. The van der Waals surface area contributed by atoms with E-state index in [0.29, 0.717) is 12.0 Å². The molecule has 33 heavy (non-hydrogen) atoms. The molecule has 5 nitrogen and oxygen atoms in total. The quantitative estimate of drug-likeness (QED) is 0.317. The number of Topliss-reactive ketones (excluding diaryl/α,β-unsaturated/α-hetero) is 1. The average molecular weight is 442 g/mol. The highest BCUT2D eigenvalue weighted by molar-refractivity contribution is 5.98. The van der Waals surface area contributed by atoms with Gasteiger partial charge in [-0.2, -0.15) is 0 Å². The van der Waals surface area contributed by atoms with Crippen LogP contribution in [0.4, 0.5) is 11.4 Å². The van der Waals surface area contributed by atoms with Crippen LogP contribution < -0.4 is 10.1 Å². The zero-order chi connectivity index (χ0) is 23.2. The Bertz CT molecular complexity index is 1230. The van der Waals surface area contributed by atoms with Gasteiger partial charge in [-0.3, -0.25) is 4.79 Å². The Balaban J connectivity index is 1.39. The number of fused-ring (bicyclic) bond motifs is 1. The minimum absolute atomic E-state index is 0.0897. The second-order valence-electron chi connectivity index (χ2n) is 8.59. The number of benzene rings is 3. The zero-order valence-electron chi connectivity index (χ0n) is 19.5. The lowest BCUT2D eigenvalue weighted by molar-refractivity contribution is 0.0993. The lowest BCUT2D eigenvalue weighted by atomic mass is 10.0. The van der Waals surface area contributed by atoms with Crippen molar-refractivity contribution in [1.82, 2.24) is 9.47 Å². The van der Waals surface area contributed by atoms with Gasteiger partial charge >= 0.3 is 0 Å². The third kappa shape index (κ3) is 5.82. The summed E-state index contributed by atoms with van der Waals surface area (Å²) in [6, 6.07) is 23.9. The van der Waals surface area contributed by atoms with E-state index in [1.165, 1.54) is 10.9 Å². The third-order valence-electron chi connectivity index (χ3n) is 5.77. The maximum atomic E-state index is 12.7. The molecule has 0 atom stereocenters. The van der Waals surface area contributed by atoms with Crippen molar-refractivity contribution in [1.29, 1.82) is 0 Å². The molecule has 4 aromatic rings. The minimum Gasteiger partial charge on any atom is -0.497 e. The van der Waals surface area contributed by atoms with Gasteiger partial charge in [0.25, 0.3) is 0 Å². The molecule has 1 aromatic heterocycles. The normalized spacial score (nSPS) is 11.2. The number of ketones is 1. The van der Waals surface area contributed by atoms with Gasteiger partial charge in [0, 0.05) is 47.0 Å². The maximum absolute atomic E-state index is 12.7. The van der Waals surface area contributed by atoms with Crippen LogP contribution in [0.5, 0.6) is 5.75 Å². The molecule has 0 fully saturated rings. The molecule has 0 aliphatic carbocycles. The Morgan fingerprint density at radius 3 is 2.52 bits per heavy atom. The molecule has 0 spiro atoms. The van der Waals surface area contributed by atoms with E-state index in [-0.39, 0.29) is 5.78 Å². The van der Waals surface area contributed by atoms with Gasteiger partial charge in [0.1, 0.15) is 5.75 Å². The van der Waals surface area contributed by atoms with Crippen molar-refractivity contribution in [3.63, 3.8) is 0 Å². The van der Waals surface area contributed by atoms with Crippen LogP contribution >= 0.6 is 0 Å². The van der Waals surface area contributed by atoms with Crippen molar-refractivity contribution < 1.29 is 9.53 Å². The van der Waals surface area contributed by atoms with E-state index in [0.717, 1.165) is 42.2 Å². The van der Waals surface area contributed by atoms with E-state index in [2.05, 4.69) is 59.3 Å². The summed E-state index contributed by atoms with van der Waals surface area (Å²) in [4.78, 5) is 14.9. The number of carbonyl (C=O) groups is 1. The Morgan fingerprint density at radius 1 is 0.970 bits per heavy atom. The molecule has 170 valence electrons. The topological polar surface area (TPSA) is 46.5 Å². The molecule has 0 aliphatic rings. The monoisotopic (exact) mass is 441 g/mol. The van der Waals surface area contributed by atoms with Gasteiger partial charge < -0.3 is 19.5 Å². The Hall–Kier alpha value is -3.57. The predicted octanol–water partition coefficient (Wildman–Crippen LogP) is 5.77. The fourth-order valence-electron chi connectivity index (χ4n) is 4.01. The summed E-state index contributed by atoms with van der Waals surface area (Å²) in [5.74, 6) is 0.854. The summed E-state index contributed by atoms with van der Waals surface area (Å²) in [6.07, 6.45) is 3.64. The first-order chi connectivity index (χ1) is 16.0. The number of ether oxygens (including phenoxy) is 1. The SMILES string of the molecule is COc1cccc(CC(=O)c2ccc(Nc3ccc4c(ccn4CCCN(C)C)c3)cc2)c1. The molecule has 0 unspecified atom stereocenters. The second kappa shape index (κ2) is 10.4. The number of nitrogens with one attached hydrogen (secondary N) is 1. The van der Waals surface area contributed by atoms with Crippen molar-refractivity contribution >= 4 is 28.1 Å². The van der Waals surface area contributed by atoms with Crippen molar-refractivity contribution in [2.75, 3.05) is 33.1 Å². The van der Waals surface area contributed by atoms with Crippen LogP contribution in [0.3, 0.4) is 0 Å². The Morgan fingerprint density at radius 2 is 1.76 bits per heavy atom. The second-order valence-corrected chi connectivity index (χ2v) is 8.59. The molecule has 5 heteroatoms. The fourth-order valence-corrected chi connectivity index (χ4v) is 4.01. The molecule has 4 rings (SSSR count). The fraction of sp³-hybridized carbons (Fsp3) is 0.250. The number of methoxy groups -OCH3 is 1. The van der Waals surface area contributed by atoms with E-state index in [1.54, 1.807) is 7.11 Å². The van der Waals surface area contributed by atoms with Gasteiger partial charge in [0.15, 0.2) is 5.78 Å². The summed E-state index contributed by atoms with van der Waals surface area (Å²) in [5, 5.41) is 4.67. The first-order valence-corrected chi connectivity index (χ1v) is 11.3. The summed E-state index contributed by atoms with van der Waals surface area (Å²) >= 11 is 0. The van der Waals surface area contributed by atoms with E-state index in [4.69, 9.17) is 4.74 Å². The van der Waals surface area contributed by atoms with Gasteiger partial charge in [-0.05, 0) is 93.3 Å². The number of nitrogens with zero attached hydrogens (tertiary/aromatic N) is 2. The van der Waals surface area contributed by atoms with Crippen LogP contribution in [0.2, 0.25) is 0 Å². The maximum Gasteiger partial charge on any atom is 0.167 e. The lowest BCUT2D eigenvalue weighted by Crippen LogP contribution is -2.14. The van der Waals surface area contributed by atoms with Crippen LogP contribution in [0.15, 0.2) is 79.0 Å². The summed E-state index contributed by atoms with van der Waals surface area (Å²) < 4.78 is 7.56. The standard InChI is InChI=1S/C28H31N3O2/c1-30(2)15-5-16-31-17-14-23-20-25(12-13-27(23)31)29-24-10-8-22(9-11-24)28(32)19-21-6-4-7-26(18-21)33-3/h4,6-14,17-18,20,29H,5,15-16,19H2,1-3H3. The molecule has 0 saturated carbocycles. The number of carbonyl (C=O) groups excluding carboxylic acids is 1. The largest absolute Gasteiger partial charge is 0.497 e. The van der Waals surface area contributed by atoms with Gasteiger partial charge in [0.2, 0.25) is 0 Å². The van der Waals surface area contributed by atoms with Crippen molar-refractivity contribution in [2.24, 2.45) is 0 Å². The van der Waals surface area contributed by atoms with Gasteiger partial charge in [-0.1, -0.05) is 12.1 Å². The Kier molecular flexibility index (Phi) is 7.10. The number of anilines is 2. The van der Waals surface area contributed by atoms with Crippen LogP contribution in [0.1, 0.15) is 22.3 Å². The van der Waals surface area contributed by atoms with Crippen LogP contribution in [-0.4, -0.2) is 43.0 Å². The van der Waals surface area contributed by atoms with Crippen molar-refractivity contribution in [2.45, 2.75) is 19.4 Å². The molecule has 0 aliphatic heterocycles. The molecule has 0 bridgehead atoms. The van der Waals surface area contributed by atoms with Crippen LogP contribution in [-0.2, 0) is 13.0 Å². The van der Waals surface area contributed by atoms with Gasteiger partial charge in [-0.15, -0.1) is 0 Å². The van der Waals surface area contributed by atoms with Crippen LogP contribution in [0.25, 0.3) is 10.9 Å². The molecule has 1 N–H and O–H groups in total. The van der Waals surface area contributed by atoms with Crippen molar-refractivity contribution in [3.8, 4) is 5.75 Å². The first kappa shape index (κ1) is 22.6. The van der Waals surface area contributed by atoms with Crippen LogP contribution in [0, 0.1) is 0 Å². The minimum atomic E-state index is 0.0897. The molecule has 1 heterocycles. The van der Waals surface area contributed by atoms with Gasteiger partial charge in [-0.25, -0.2) is 0 Å². The third-order valence-corrected chi connectivity index (χ3v) is 5.77. The average Bonchev–Trinajstić information content (AvgIpc) is 3.21. The number of aryl methyl sites for hydroxylation is 1. The smallest absolute Gasteiger partial charge is 0.167 e. The lowest BCUT2D eigenvalue weighted by Gasteiger charge is -2.11. The molecular formula is C28H31N3O2. The molecule has 0 amide bonds. The summed E-state index contributed by atoms with van der Waals surface area (Å²) in [7, 11) is 5.84. The molecular weight excluding hydrogens is 410 g/mol. The van der Waals surface area contributed by atoms with E-state index in [1.807, 2.05) is 48.5 Å². The molecule has 0 saturated heterocycles. The summed E-state index contributed by atoms with van der Waals surface area (Å²) in [5.41, 5.74) is 4.89. The zero-order valence-corrected chi connectivity index (χ0v) is 19.5. The Labute approximate surface area is 195 Å². The molecule has 0 radical (unpaired) electrons. The first-order valence-electron chi connectivity index (χ1n) is 11.3. The summed E-state index contributed by atoms with van der Waals surface area (Å²) in [6.45, 7) is 2.09. The van der Waals surface area contributed by atoms with Crippen molar-refractivity contribution in [3.05, 3.63) is 90.1 Å². The van der Waals surface area contributed by atoms with E-state index in [9.17, 15) is 4.79 Å². The number of hydrogen-bond donors (Lipinski definition) is 1. The number of rotatable bonds is 10. The van der Waals surface area contributed by atoms with E-state index < -0.39 is 0 Å². The highest BCUT2D eigenvalue weighted by Crippen LogP contribution is 2.24. The number of hydrogen-bond acceptors (Lipinski definition) is 4. The highest BCUT2D eigenvalue weighted by Gasteiger charge is 2.09. The highest BCUT2D eigenvalue weighted by atomic mass is 16.5.